The van der Waals surface area contributed by atoms with E-state index in [4.69, 9.17) is 9.73 Å². The van der Waals surface area contributed by atoms with E-state index in [0.29, 0.717) is 17.4 Å². The molecule has 6 heteroatoms. The summed E-state index contributed by atoms with van der Waals surface area (Å²) in [6.45, 7) is 10.8. The summed E-state index contributed by atoms with van der Waals surface area (Å²) in [4.78, 5) is 23.8. The van der Waals surface area contributed by atoms with Crippen LogP contribution in [-0.2, 0) is 11.2 Å². The van der Waals surface area contributed by atoms with Crippen molar-refractivity contribution in [3.05, 3.63) is 94.4 Å². The average molecular weight is 568 g/mol. The van der Waals surface area contributed by atoms with E-state index in [2.05, 4.69) is 69.0 Å². The van der Waals surface area contributed by atoms with Gasteiger partial charge in [0.25, 0.3) is 5.91 Å². The molecule has 2 aliphatic heterocycles. The van der Waals surface area contributed by atoms with Crippen molar-refractivity contribution < 1.29 is 9.53 Å². The lowest BCUT2D eigenvalue weighted by Gasteiger charge is -2.47. The zero-order valence-corrected chi connectivity index (χ0v) is 25.7. The second-order valence-electron chi connectivity index (χ2n) is 11.6. The number of methoxy groups -OCH3 is 1. The first-order chi connectivity index (χ1) is 19.8. The van der Waals surface area contributed by atoms with E-state index in [9.17, 15) is 4.79 Å². The molecule has 5 nitrogen and oxygen atoms in total. The number of carbonyl (C=O) groups is 1. The molecule has 0 aromatic heterocycles. The Bertz CT molecular complexity index is 1430. The number of anilines is 1. The highest BCUT2D eigenvalue weighted by Crippen LogP contribution is 2.47. The number of para-hydroxylation sites is 1. The molecule has 41 heavy (non-hydrogen) atoms. The van der Waals surface area contributed by atoms with Crippen molar-refractivity contribution in [3.63, 3.8) is 0 Å². The maximum absolute atomic E-state index is 13.8. The van der Waals surface area contributed by atoms with Gasteiger partial charge in [-0.1, -0.05) is 62.4 Å². The van der Waals surface area contributed by atoms with E-state index < -0.39 is 0 Å². The van der Waals surface area contributed by atoms with Gasteiger partial charge in [0.2, 0.25) is 0 Å². The number of aryl methyl sites for hydroxylation is 1. The van der Waals surface area contributed by atoms with Crippen molar-refractivity contribution in [1.82, 2.24) is 4.90 Å². The van der Waals surface area contributed by atoms with Gasteiger partial charge in [0.05, 0.1) is 17.7 Å². The van der Waals surface area contributed by atoms with Crippen LogP contribution in [0, 0.1) is 0 Å². The van der Waals surface area contributed by atoms with E-state index in [-0.39, 0.29) is 11.4 Å². The Balaban J connectivity index is 1.48. The molecule has 1 amide bonds. The van der Waals surface area contributed by atoms with E-state index in [1.807, 2.05) is 47.4 Å². The number of amidine groups is 1. The van der Waals surface area contributed by atoms with Gasteiger partial charge in [-0.15, -0.1) is 0 Å². The molecule has 0 radical (unpaired) electrons. The minimum atomic E-state index is -0.000641. The number of amides is 1. The molecule has 0 N–H and O–H groups in total. The van der Waals surface area contributed by atoms with Crippen LogP contribution in [0.15, 0.2) is 82.7 Å². The van der Waals surface area contributed by atoms with Gasteiger partial charge >= 0.3 is 0 Å². The molecular weight excluding hydrogens is 526 g/mol. The fourth-order valence-electron chi connectivity index (χ4n) is 6.09. The molecule has 0 saturated carbocycles. The quantitative estimate of drug-likeness (QED) is 0.243. The molecule has 1 saturated heterocycles. The van der Waals surface area contributed by atoms with Crippen LogP contribution in [0.3, 0.4) is 0 Å². The largest absolute Gasteiger partial charge is 0.496 e. The minimum Gasteiger partial charge on any atom is -0.496 e. The number of fused-ring (bicyclic) bond motifs is 1. The number of aliphatic imine (C=N–C) groups is 1. The summed E-state index contributed by atoms with van der Waals surface area (Å²) < 4.78 is 5.91. The third-order valence-corrected chi connectivity index (χ3v) is 9.04. The number of ether oxygens (including phenoxy) is 1. The second-order valence-corrected chi connectivity index (χ2v) is 12.6. The van der Waals surface area contributed by atoms with Crippen LogP contribution in [0.1, 0.15) is 69.6 Å². The first-order valence-electron chi connectivity index (χ1n) is 14.7. The molecule has 1 atom stereocenters. The van der Waals surface area contributed by atoms with Gasteiger partial charge < -0.3 is 9.64 Å². The Hall–Kier alpha value is -3.51. The second kappa shape index (κ2) is 12.6. The van der Waals surface area contributed by atoms with Gasteiger partial charge in [-0.25, -0.2) is 4.99 Å². The minimum absolute atomic E-state index is 0.000641. The summed E-state index contributed by atoms with van der Waals surface area (Å²) >= 11 is 1.45. The fraction of sp³-hybridized carbons (Fsp3) is 0.371. The molecule has 3 aromatic carbocycles. The summed E-state index contributed by atoms with van der Waals surface area (Å²) in [5, 5.41) is 0.724. The number of hydrogen-bond donors (Lipinski definition) is 0. The smallest absolute Gasteiger partial charge is 0.266 e. The molecule has 3 aromatic rings. The molecule has 2 aliphatic rings. The number of rotatable bonds is 9. The maximum atomic E-state index is 13.8. The Morgan fingerprint density at radius 2 is 1.76 bits per heavy atom. The predicted octanol–water partition coefficient (Wildman–Crippen LogP) is 8.43. The van der Waals surface area contributed by atoms with E-state index >= 15 is 0 Å². The molecule has 0 aliphatic carbocycles. The summed E-state index contributed by atoms with van der Waals surface area (Å²) in [5.41, 5.74) is 5.70. The highest BCUT2D eigenvalue weighted by Gasteiger charge is 2.37. The monoisotopic (exact) mass is 567 g/mol. The number of hydrogen-bond acceptors (Lipinski definition) is 5. The number of carbonyl (C=O) groups excluding carboxylic acids is 1. The van der Waals surface area contributed by atoms with Gasteiger partial charge in [0.1, 0.15) is 5.75 Å². The van der Waals surface area contributed by atoms with Crippen LogP contribution < -0.4 is 9.64 Å². The summed E-state index contributed by atoms with van der Waals surface area (Å²) in [7, 11) is 1.72. The maximum Gasteiger partial charge on any atom is 0.266 e. The molecule has 0 bridgehead atoms. The Labute approximate surface area is 249 Å². The first-order valence-corrected chi connectivity index (χ1v) is 15.5. The highest BCUT2D eigenvalue weighted by atomic mass is 32.2. The Morgan fingerprint density at radius 1 is 1.05 bits per heavy atom. The SMILES string of the molecule is CCCN1c2cc(OC)c(/C=C3/SC(=Nc4ccccc4)N(CCCc4ccccc4)C3=O)cc2C(C)CC1(C)C. The van der Waals surface area contributed by atoms with Crippen LogP contribution in [0.4, 0.5) is 11.4 Å². The molecule has 0 spiro atoms. The van der Waals surface area contributed by atoms with Gasteiger partial charge in [0.15, 0.2) is 5.17 Å². The number of benzene rings is 3. The molecule has 214 valence electrons. The summed E-state index contributed by atoms with van der Waals surface area (Å²) in [5.74, 6) is 1.20. The lowest BCUT2D eigenvalue weighted by atomic mass is 9.79. The van der Waals surface area contributed by atoms with Crippen molar-refractivity contribution >= 4 is 40.3 Å². The Morgan fingerprint density at radius 3 is 2.44 bits per heavy atom. The van der Waals surface area contributed by atoms with E-state index in [1.165, 1.54) is 28.6 Å². The molecule has 2 heterocycles. The van der Waals surface area contributed by atoms with E-state index in [0.717, 1.165) is 54.4 Å². The van der Waals surface area contributed by atoms with Gasteiger partial charge in [-0.2, -0.15) is 0 Å². The van der Waals surface area contributed by atoms with Crippen LogP contribution in [0.2, 0.25) is 0 Å². The van der Waals surface area contributed by atoms with Crippen LogP contribution in [0.25, 0.3) is 6.08 Å². The number of nitrogens with zero attached hydrogens (tertiary/aromatic N) is 3. The highest BCUT2D eigenvalue weighted by molar-refractivity contribution is 8.18. The van der Waals surface area contributed by atoms with Crippen LogP contribution in [0.5, 0.6) is 5.75 Å². The van der Waals surface area contributed by atoms with Crippen molar-refractivity contribution in [2.45, 2.75) is 64.8 Å². The average Bonchev–Trinajstić information content (AvgIpc) is 3.25. The van der Waals surface area contributed by atoms with Crippen molar-refractivity contribution in [2.24, 2.45) is 4.99 Å². The van der Waals surface area contributed by atoms with Crippen LogP contribution >= 0.6 is 11.8 Å². The standard InChI is InChI=1S/C35H41N3O2S/c1-6-19-38-30-23-31(40-5)27(21-29(30)25(2)24-35(38,3)4)22-32-33(39)37(20-13-16-26-14-9-7-10-15-26)34(41-32)36-28-17-11-8-12-18-28/h7-12,14-15,17-18,21-23,25H,6,13,16,19-20,24H2,1-5H3/b32-22+,36-34?. The van der Waals surface area contributed by atoms with Crippen molar-refractivity contribution in [3.8, 4) is 5.75 Å². The zero-order chi connectivity index (χ0) is 29.0. The van der Waals surface area contributed by atoms with Gasteiger partial charge in [0, 0.05) is 35.9 Å². The van der Waals surface area contributed by atoms with Gasteiger partial charge in [-0.05, 0) is 92.6 Å². The topological polar surface area (TPSA) is 45.1 Å². The zero-order valence-electron chi connectivity index (χ0n) is 24.9. The number of thioether (sulfide) groups is 1. The van der Waals surface area contributed by atoms with Crippen molar-refractivity contribution in [2.75, 3.05) is 25.1 Å². The summed E-state index contributed by atoms with van der Waals surface area (Å²) in [6, 6.07) is 24.7. The fourth-order valence-corrected chi connectivity index (χ4v) is 7.11. The summed E-state index contributed by atoms with van der Waals surface area (Å²) in [6.07, 6.45) is 5.94. The third-order valence-electron chi connectivity index (χ3n) is 8.03. The molecule has 1 unspecified atom stereocenters. The third kappa shape index (κ3) is 6.38. The molecular formula is C35H41N3O2S. The Kier molecular flexibility index (Phi) is 8.88. The van der Waals surface area contributed by atoms with Gasteiger partial charge in [-0.3, -0.25) is 9.69 Å². The normalized spacial score (nSPS) is 20.1. The molecule has 5 rings (SSSR count). The predicted molar refractivity (Wildman–Crippen MR) is 173 cm³/mol. The first kappa shape index (κ1) is 29.0. The lowest BCUT2D eigenvalue weighted by molar-refractivity contribution is -0.122. The van der Waals surface area contributed by atoms with E-state index in [1.54, 1.807) is 7.11 Å². The van der Waals surface area contributed by atoms with Crippen LogP contribution in [-0.4, -0.2) is 41.7 Å². The lowest BCUT2D eigenvalue weighted by Crippen LogP contribution is -2.48. The molecule has 1 fully saturated rings. The van der Waals surface area contributed by atoms with Crippen molar-refractivity contribution in [1.29, 1.82) is 0 Å².